The second kappa shape index (κ2) is 7.59. The summed E-state index contributed by atoms with van der Waals surface area (Å²) in [6, 6.07) is 0.977. The molecule has 1 aromatic rings. The van der Waals surface area contributed by atoms with Gasteiger partial charge in [0.05, 0.1) is 0 Å². The molecule has 2 heterocycles. The van der Waals surface area contributed by atoms with Crippen LogP contribution in [0.3, 0.4) is 0 Å². The Kier molecular flexibility index (Phi) is 5.76. The zero-order valence-corrected chi connectivity index (χ0v) is 14.1. The Balaban J connectivity index is 1.93. The molecular formula is C16H26N4O3. The van der Waals surface area contributed by atoms with Crippen molar-refractivity contribution >= 4 is 5.91 Å². The lowest BCUT2D eigenvalue weighted by Crippen LogP contribution is -2.45. The fraction of sp³-hybridized carbons (Fsp3) is 0.688. The number of piperidine rings is 1. The van der Waals surface area contributed by atoms with Crippen LogP contribution in [0, 0.1) is 0 Å². The van der Waals surface area contributed by atoms with E-state index in [1.807, 2.05) is 0 Å². The maximum atomic E-state index is 12.1. The third kappa shape index (κ3) is 4.31. The summed E-state index contributed by atoms with van der Waals surface area (Å²) in [5.74, 6) is -0.436. The van der Waals surface area contributed by atoms with E-state index in [0.29, 0.717) is 18.6 Å². The molecule has 1 aliphatic rings. The molecular weight excluding hydrogens is 296 g/mol. The number of hydrogen-bond acceptors (Lipinski definition) is 4. The number of aryl methyl sites for hydroxylation is 1. The smallest absolute Gasteiger partial charge is 0.328 e. The minimum Gasteiger partial charge on any atom is -0.352 e. The molecule has 1 unspecified atom stereocenters. The lowest BCUT2D eigenvalue weighted by atomic mass is 9.98. The van der Waals surface area contributed by atoms with Crippen LogP contribution < -0.4 is 16.6 Å². The zero-order chi connectivity index (χ0) is 17.0. The summed E-state index contributed by atoms with van der Waals surface area (Å²) in [5.41, 5.74) is -1.20. The molecule has 128 valence electrons. The van der Waals surface area contributed by atoms with Crippen molar-refractivity contribution in [3.8, 4) is 0 Å². The van der Waals surface area contributed by atoms with E-state index in [9.17, 15) is 14.4 Å². The Morgan fingerprint density at radius 3 is 2.83 bits per heavy atom. The topological polar surface area (TPSA) is 87.2 Å². The molecule has 7 nitrogen and oxygen atoms in total. The molecule has 2 N–H and O–H groups in total. The van der Waals surface area contributed by atoms with Gasteiger partial charge in [-0.25, -0.2) is 4.79 Å². The van der Waals surface area contributed by atoms with Crippen molar-refractivity contribution in [1.29, 1.82) is 0 Å². The highest BCUT2D eigenvalue weighted by atomic mass is 16.2. The van der Waals surface area contributed by atoms with Crippen LogP contribution in [0.2, 0.25) is 0 Å². The fourth-order valence-corrected chi connectivity index (χ4v) is 3.19. The summed E-state index contributed by atoms with van der Waals surface area (Å²) in [7, 11) is 1.50. The minimum absolute atomic E-state index is 0.0311. The Bertz CT molecular complexity index is 662. The predicted molar refractivity (Wildman–Crippen MR) is 88.7 cm³/mol. The number of aromatic nitrogens is 2. The zero-order valence-electron chi connectivity index (χ0n) is 14.1. The molecule has 0 bridgehead atoms. The molecule has 1 aromatic heterocycles. The molecule has 0 aliphatic carbocycles. The van der Waals surface area contributed by atoms with Crippen molar-refractivity contribution in [2.75, 3.05) is 13.1 Å². The van der Waals surface area contributed by atoms with Gasteiger partial charge < -0.3 is 9.88 Å². The number of hydrogen-bond donors (Lipinski definition) is 2. The lowest BCUT2D eigenvalue weighted by molar-refractivity contribution is 0.0911. The third-order valence-electron chi connectivity index (χ3n) is 4.45. The number of likely N-dealkylation sites (tertiary alicyclic amines) is 1. The highest BCUT2D eigenvalue weighted by Gasteiger charge is 2.24. The first-order valence-electron chi connectivity index (χ1n) is 8.24. The van der Waals surface area contributed by atoms with E-state index in [0.717, 1.165) is 19.4 Å². The number of nitrogens with one attached hydrogen (secondary N) is 2. The van der Waals surface area contributed by atoms with Gasteiger partial charge in [0.2, 0.25) is 0 Å². The van der Waals surface area contributed by atoms with Gasteiger partial charge in [-0.05, 0) is 39.7 Å². The SMILES string of the molecule is CC(C)N1CCCCC1CCNC(=O)c1cn(C)c(=O)[nH]c1=O. The second-order valence-corrected chi connectivity index (χ2v) is 6.44. The standard InChI is InChI=1S/C16H26N4O3/c1-11(2)20-9-5-4-6-12(20)7-8-17-14(21)13-10-19(3)16(23)18-15(13)22/h10-12H,4-9H2,1-3H3,(H,17,21)(H,18,22,23). The Hall–Kier alpha value is -1.89. The normalized spacial score (nSPS) is 19.0. The highest BCUT2D eigenvalue weighted by Crippen LogP contribution is 2.21. The number of carbonyl (C=O) groups is 1. The summed E-state index contributed by atoms with van der Waals surface area (Å²) < 4.78 is 1.19. The Morgan fingerprint density at radius 1 is 1.39 bits per heavy atom. The van der Waals surface area contributed by atoms with E-state index in [1.165, 1.54) is 30.7 Å². The molecule has 1 amide bonds. The molecule has 0 radical (unpaired) electrons. The monoisotopic (exact) mass is 322 g/mol. The first-order chi connectivity index (χ1) is 10.9. The summed E-state index contributed by atoms with van der Waals surface area (Å²) in [4.78, 5) is 39.7. The van der Waals surface area contributed by atoms with Crippen molar-refractivity contribution in [1.82, 2.24) is 19.8 Å². The van der Waals surface area contributed by atoms with E-state index in [-0.39, 0.29) is 5.56 Å². The quantitative estimate of drug-likeness (QED) is 0.824. The van der Waals surface area contributed by atoms with Crippen LogP contribution >= 0.6 is 0 Å². The van der Waals surface area contributed by atoms with Crippen LogP contribution in [0.5, 0.6) is 0 Å². The van der Waals surface area contributed by atoms with Crippen molar-refractivity contribution in [3.63, 3.8) is 0 Å². The van der Waals surface area contributed by atoms with Crippen LogP contribution in [-0.2, 0) is 7.05 Å². The van der Waals surface area contributed by atoms with Gasteiger partial charge in [0.15, 0.2) is 0 Å². The molecule has 1 saturated heterocycles. The van der Waals surface area contributed by atoms with Gasteiger partial charge in [-0.2, -0.15) is 0 Å². The molecule has 1 aliphatic heterocycles. The third-order valence-corrected chi connectivity index (χ3v) is 4.45. The minimum atomic E-state index is -0.646. The predicted octanol–water partition coefficient (Wildman–Crippen LogP) is 0.456. The summed E-state index contributed by atoms with van der Waals surface area (Å²) >= 11 is 0. The van der Waals surface area contributed by atoms with E-state index in [1.54, 1.807) is 0 Å². The van der Waals surface area contributed by atoms with Gasteiger partial charge in [0.25, 0.3) is 11.5 Å². The maximum Gasteiger partial charge on any atom is 0.328 e. The van der Waals surface area contributed by atoms with Gasteiger partial charge in [-0.1, -0.05) is 6.42 Å². The fourth-order valence-electron chi connectivity index (χ4n) is 3.19. The van der Waals surface area contributed by atoms with E-state index in [2.05, 4.69) is 29.0 Å². The summed E-state index contributed by atoms with van der Waals surface area (Å²) in [5, 5.41) is 2.79. The number of carbonyl (C=O) groups excluding carboxylic acids is 1. The molecule has 23 heavy (non-hydrogen) atoms. The van der Waals surface area contributed by atoms with Crippen molar-refractivity contribution in [3.05, 3.63) is 32.6 Å². The molecule has 0 aromatic carbocycles. The average molecular weight is 322 g/mol. The van der Waals surface area contributed by atoms with E-state index < -0.39 is 17.2 Å². The molecule has 1 atom stereocenters. The summed E-state index contributed by atoms with van der Waals surface area (Å²) in [6.45, 7) is 6.02. The number of aromatic amines is 1. The summed E-state index contributed by atoms with van der Waals surface area (Å²) in [6.07, 6.45) is 5.75. The van der Waals surface area contributed by atoms with Gasteiger partial charge >= 0.3 is 5.69 Å². The van der Waals surface area contributed by atoms with Crippen LogP contribution in [0.15, 0.2) is 15.8 Å². The van der Waals surface area contributed by atoms with Gasteiger partial charge in [0, 0.05) is 31.9 Å². The van der Waals surface area contributed by atoms with Crippen molar-refractivity contribution in [2.24, 2.45) is 7.05 Å². The number of amides is 1. The maximum absolute atomic E-state index is 12.1. The lowest BCUT2D eigenvalue weighted by Gasteiger charge is -2.38. The molecule has 0 spiro atoms. The molecule has 2 rings (SSSR count). The van der Waals surface area contributed by atoms with Crippen molar-refractivity contribution < 1.29 is 4.79 Å². The Labute approximate surface area is 135 Å². The number of H-pyrrole nitrogens is 1. The first kappa shape index (κ1) is 17.5. The van der Waals surface area contributed by atoms with Crippen molar-refractivity contribution in [2.45, 2.75) is 51.6 Å². The van der Waals surface area contributed by atoms with Crippen LogP contribution in [-0.4, -0.2) is 45.5 Å². The highest BCUT2D eigenvalue weighted by molar-refractivity contribution is 5.93. The second-order valence-electron chi connectivity index (χ2n) is 6.44. The number of nitrogens with zero attached hydrogens (tertiary/aromatic N) is 2. The number of rotatable bonds is 5. The van der Waals surface area contributed by atoms with Gasteiger partial charge in [-0.15, -0.1) is 0 Å². The largest absolute Gasteiger partial charge is 0.352 e. The molecule has 0 saturated carbocycles. The van der Waals surface area contributed by atoms with Gasteiger partial charge in [0.1, 0.15) is 5.56 Å². The first-order valence-corrected chi connectivity index (χ1v) is 8.24. The van der Waals surface area contributed by atoms with Crippen LogP contribution in [0.1, 0.15) is 49.9 Å². The Morgan fingerprint density at radius 2 is 2.13 bits per heavy atom. The van der Waals surface area contributed by atoms with E-state index >= 15 is 0 Å². The van der Waals surface area contributed by atoms with Crippen LogP contribution in [0.4, 0.5) is 0 Å². The average Bonchev–Trinajstić information content (AvgIpc) is 2.51. The van der Waals surface area contributed by atoms with Gasteiger partial charge in [-0.3, -0.25) is 19.5 Å². The molecule has 7 heteroatoms. The van der Waals surface area contributed by atoms with Crippen LogP contribution in [0.25, 0.3) is 0 Å². The molecule has 1 fully saturated rings. The van der Waals surface area contributed by atoms with E-state index in [4.69, 9.17) is 0 Å².